The van der Waals surface area contributed by atoms with E-state index in [-0.39, 0.29) is 6.03 Å². The highest BCUT2D eigenvalue weighted by Crippen LogP contribution is 2.24. The number of anilines is 2. The van der Waals surface area contributed by atoms with E-state index >= 15 is 0 Å². The number of fused-ring (bicyclic) bond motifs is 1. The van der Waals surface area contributed by atoms with Gasteiger partial charge in [0.15, 0.2) is 5.82 Å². The SMILES string of the molecule is COc1cccc(NC(=O)N(Cc2nnc3n2CCCCC3)c2ccc(C)c(C)c2)c1. The quantitative estimate of drug-likeness (QED) is 0.640. The smallest absolute Gasteiger partial charge is 0.326 e. The number of hydrogen-bond donors (Lipinski definition) is 1. The van der Waals surface area contributed by atoms with E-state index in [1.54, 1.807) is 18.1 Å². The summed E-state index contributed by atoms with van der Waals surface area (Å²) in [6.07, 6.45) is 4.37. The summed E-state index contributed by atoms with van der Waals surface area (Å²) in [6.45, 7) is 5.37. The lowest BCUT2D eigenvalue weighted by Crippen LogP contribution is -2.35. The molecule has 3 aromatic rings. The van der Waals surface area contributed by atoms with Gasteiger partial charge in [-0.15, -0.1) is 10.2 Å². The average molecular weight is 420 g/mol. The summed E-state index contributed by atoms with van der Waals surface area (Å²) in [6, 6.07) is 13.2. The van der Waals surface area contributed by atoms with Crippen molar-refractivity contribution >= 4 is 17.4 Å². The van der Waals surface area contributed by atoms with Crippen molar-refractivity contribution in [3.05, 3.63) is 65.2 Å². The second-order valence-corrected chi connectivity index (χ2v) is 8.01. The van der Waals surface area contributed by atoms with E-state index in [0.29, 0.717) is 18.0 Å². The number of methoxy groups -OCH3 is 1. The molecular weight excluding hydrogens is 390 g/mol. The Morgan fingerprint density at radius 1 is 1.10 bits per heavy atom. The summed E-state index contributed by atoms with van der Waals surface area (Å²) in [5, 5.41) is 11.8. The second kappa shape index (κ2) is 9.20. The van der Waals surface area contributed by atoms with Gasteiger partial charge in [0, 0.05) is 30.4 Å². The third kappa shape index (κ3) is 4.71. The summed E-state index contributed by atoms with van der Waals surface area (Å²) >= 11 is 0. The molecule has 1 aliphatic rings. The molecule has 1 N–H and O–H groups in total. The number of carbonyl (C=O) groups excluding carboxylic acids is 1. The van der Waals surface area contributed by atoms with Gasteiger partial charge in [-0.1, -0.05) is 18.6 Å². The maximum absolute atomic E-state index is 13.4. The highest BCUT2D eigenvalue weighted by atomic mass is 16.5. The van der Waals surface area contributed by atoms with Gasteiger partial charge < -0.3 is 14.6 Å². The number of aryl methyl sites for hydroxylation is 3. The number of benzene rings is 2. The molecule has 4 rings (SSSR count). The first-order chi connectivity index (χ1) is 15.0. The van der Waals surface area contributed by atoms with Gasteiger partial charge in [-0.3, -0.25) is 4.90 Å². The maximum Gasteiger partial charge on any atom is 0.326 e. The minimum absolute atomic E-state index is 0.220. The van der Waals surface area contributed by atoms with E-state index in [9.17, 15) is 4.79 Å². The van der Waals surface area contributed by atoms with Crippen molar-refractivity contribution in [1.82, 2.24) is 14.8 Å². The molecule has 7 heteroatoms. The first-order valence-corrected chi connectivity index (χ1v) is 10.8. The van der Waals surface area contributed by atoms with Gasteiger partial charge in [-0.25, -0.2) is 4.79 Å². The third-order valence-electron chi connectivity index (χ3n) is 5.85. The van der Waals surface area contributed by atoms with E-state index in [1.807, 2.05) is 36.4 Å². The summed E-state index contributed by atoms with van der Waals surface area (Å²) in [7, 11) is 1.61. The second-order valence-electron chi connectivity index (χ2n) is 8.01. The van der Waals surface area contributed by atoms with Crippen molar-refractivity contribution in [1.29, 1.82) is 0 Å². The van der Waals surface area contributed by atoms with Gasteiger partial charge in [0.1, 0.15) is 11.6 Å². The highest BCUT2D eigenvalue weighted by molar-refractivity contribution is 6.01. The van der Waals surface area contributed by atoms with E-state index in [1.165, 1.54) is 12.0 Å². The zero-order chi connectivity index (χ0) is 21.8. The largest absolute Gasteiger partial charge is 0.497 e. The molecule has 0 radical (unpaired) electrons. The predicted molar refractivity (Wildman–Crippen MR) is 122 cm³/mol. The van der Waals surface area contributed by atoms with Gasteiger partial charge >= 0.3 is 6.03 Å². The van der Waals surface area contributed by atoms with Crippen LogP contribution in [0.4, 0.5) is 16.2 Å². The van der Waals surface area contributed by atoms with Crippen LogP contribution in [0.5, 0.6) is 5.75 Å². The lowest BCUT2D eigenvalue weighted by Gasteiger charge is -2.24. The fourth-order valence-corrected chi connectivity index (χ4v) is 3.87. The lowest BCUT2D eigenvalue weighted by molar-refractivity contribution is 0.256. The first kappa shape index (κ1) is 20.9. The molecule has 2 amide bonds. The molecule has 1 aliphatic heterocycles. The molecule has 0 unspecified atom stereocenters. The molecule has 7 nitrogen and oxygen atoms in total. The number of nitrogens with one attached hydrogen (secondary N) is 1. The van der Waals surface area contributed by atoms with Crippen LogP contribution in [0, 0.1) is 13.8 Å². The van der Waals surface area contributed by atoms with Crippen molar-refractivity contribution < 1.29 is 9.53 Å². The molecule has 2 heterocycles. The number of rotatable bonds is 5. The van der Waals surface area contributed by atoms with E-state index in [4.69, 9.17) is 4.74 Å². The maximum atomic E-state index is 13.4. The Balaban J connectivity index is 1.65. The molecule has 0 fully saturated rings. The predicted octanol–water partition coefficient (Wildman–Crippen LogP) is 4.87. The Morgan fingerprint density at radius 3 is 2.77 bits per heavy atom. The first-order valence-electron chi connectivity index (χ1n) is 10.8. The zero-order valence-corrected chi connectivity index (χ0v) is 18.4. The molecule has 0 saturated carbocycles. The van der Waals surface area contributed by atoms with Crippen LogP contribution in [-0.4, -0.2) is 27.9 Å². The third-order valence-corrected chi connectivity index (χ3v) is 5.85. The van der Waals surface area contributed by atoms with Crippen LogP contribution in [0.15, 0.2) is 42.5 Å². The van der Waals surface area contributed by atoms with E-state index < -0.39 is 0 Å². The fraction of sp³-hybridized carbons (Fsp3) is 0.375. The molecule has 0 spiro atoms. The molecular formula is C24H29N5O2. The molecule has 0 saturated heterocycles. The number of aromatic nitrogens is 3. The van der Waals surface area contributed by atoms with Crippen molar-refractivity contribution in [2.45, 2.75) is 52.6 Å². The standard InChI is InChI=1S/C24H29N5O2/c1-17-11-12-20(14-18(17)2)29(24(30)25-19-8-7-9-21(15-19)31-3)16-23-27-26-22-10-5-4-6-13-28(22)23/h7-9,11-12,14-15H,4-6,10,13,16H2,1-3H3,(H,25,30). The van der Waals surface area contributed by atoms with Crippen molar-refractivity contribution in [2.24, 2.45) is 0 Å². The number of nitrogens with zero attached hydrogens (tertiary/aromatic N) is 4. The number of amides is 2. The number of ether oxygens (including phenoxy) is 1. The van der Waals surface area contributed by atoms with Gasteiger partial charge in [0.25, 0.3) is 0 Å². The Labute approximate surface area is 183 Å². The Hall–Kier alpha value is -3.35. The average Bonchev–Trinajstić information content (AvgIpc) is 2.99. The fourth-order valence-electron chi connectivity index (χ4n) is 3.87. The minimum Gasteiger partial charge on any atom is -0.497 e. The number of hydrogen-bond acceptors (Lipinski definition) is 4. The highest BCUT2D eigenvalue weighted by Gasteiger charge is 2.22. The Kier molecular flexibility index (Phi) is 6.21. The van der Waals surface area contributed by atoms with E-state index in [2.05, 4.69) is 33.9 Å². The van der Waals surface area contributed by atoms with Gasteiger partial charge in [0.05, 0.1) is 13.7 Å². The molecule has 0 aliphatic carbocycles. The van der Waals surface area contributed by atoms with Crippen LogP contribution < -0.4 is 15.0 Å². The normalized spacial score (nSPS) is 13.3. The lowest BCUT2D eigenvalue weighted by atomic mass is 10.1. The van der Waals surface area contributed by atoms with Crippen molar-refractivity contribution in [3.63, 3.8) is 0 Å². The summed E-state index contributed by atoms with van der Waals surface area (Å²) in [5.74, 6) is 2.52. The van der Waals surface area contributed by atoms with Crippen LogP contribution in [-0.2, 0) is 19.5 Å². The summed E-state index contributed by atoms with van der Waals surface area (Å²) in [5.41, 5.74) is 3.83. The van der Waals surface area contributed by atoms with Crippen LogP contribution in [0.25, 0.3) is 0 Å². The van der Waals surface area contributed by atoms with Gasteiger partial charge in [0.2, 0.25) is 0 Å². The van der Waals surface area contributed by atoms with E-state index in [0.717, 1.165) is 48.7 Å². The molecule has 31 heavy (non-hydrogen) atoms. The molecule has 0 atom stereocenters. The molecule has 0 bridgehead atoms. The monoisotopic (exact) mass is 419 g/mol. The molecule has 2 aromatic carbocycles. The minimum atomic E-state index is -0.220. The molecule has 162 valence electrons. The van der Waals surface area contributed by atoms with Crippen molar-refractivity contribution in [3.8, 4) is 5.75 Å². The summed E-state index contributed by atoms with van der Waals surface area (Å²) in [4.78, 5) is 15.1. The van der Waals surface area contributed by atoms with Crippen molar-refractivity contribution in [2.75, 3.05) is 17.3 Å². The van der Waals surface area contributed by atoms with Crippen LogP contribution in [0.2, 0.25) is 0 Å². The number of carbonyl (C=O) groups is 1. The summed E-state index contributed by atoms with van der Waals surface area (Å²) < 4.78 is 7.46. The van der Waals surface area contributed by atoms with Crippen LogP contribution in [0.3, 0.4) is 0 Å². The zero-order valence-electron chi connectivity index (χ0n) is 18.4. The van der Waals surface area contributed by atoms with Gasteiger partial charge in [-0.05, 0) is 62.1 Å². The topological polar surface area (TPSA) is 72.3 Å². The Bertz CT molecular complexity index is 1080. The number of urea groups is 1. The van der Waals surface area contributed by atoms with Gasteiger partial charge in [-0.2, -0.15) is 0 Å². The van der Waals surface area contributed by atoms with Crippen LogP contribution in [0.1, 0.15) is 42.0 Å². The van der Waals surface area contributed by atoms with Crippen LogP contribution >= 0.6 is 0 Å². The Morgan fingerprint density at radius 2 is 1.97 bits per heavy atom. The molecule has 1 aromatic heterocycles.